The molecule has 5 unspecified atom stereocenters. The van der Waals surface area contributed by atoms with Gasteiger partial charge in [-0.05, 0) is 73.7 Å². The number of anilines is 4. The minimum atomic E-state index is -0.680. The Labute approximate surface area is 271 Å². The molecule has 2 bridgehead atoms. The predicted octanol–water partition coefficient (Wildman–Crippen LogP) is 4.58. The summed E-state index contributed by atoms with van der Waals surface area (Å²) in [6, 6.07) is 40.5. The van der Waals surface area contributed by atoms with Gasteiger partial charge in [0.05, 0.1) is 6.10 Å². The van der Waals surface area contributed by atoms with E-state index < -0.39 is 27.5 Å². The zero-order chi connectivity index (χ0) is 31.4. The van der Waals surface area contributed by atoms with E-state index in [9.17, 15) is 9.90 Å². The highest BCUT2D eigenvalue weighted by molar-refractivity contribution is 7.04. The molecule has 11 heteroatoms. The number of carbonyl (C=O) groups is 1. The minimum Gasteiger partial charge on any atom is -0.391 e. The average molecular weight is 606 g/mol. The van der Waals surface area contributed by atoms with Crippen LogP contribution < -0.4 is 25.0 Å². The Morgan fingerprint density at radius 2 is 1.28 bits per heavy atom. The van der Waals surface area contributed by atoms with Crippen molar-refractivity contribution in [3.63, 3.8) is 0 Å². The van der Waals surface area contributed by atoms with Gasteiger partial charge >= 0.3 is 21.4 Å². The summed E-state index contributed by atoms with van der Waals surface area (Å²) < 4.78 is 6.54. The number of para-hydroxylation sites is 4. The Kier molecular flexibility index (Phi) is 7.30. The van der Waals surface area contributed by atoms with Crippen LogP contribution in [0.5, 0.6) is 0 Å². The summed E-state index contributed by atoms with van der Waals surface area (Å²) in [6.07, 6.45) is 2.59. The number of allylic oxidation sites excluding steroid dienone is 2. The Morgan fingerprint density at radius 1 is 0.761 bits per heavy atom. The molecule has 4 N–H and O–H groups in total. The molecule has 4 aliphatic rings. The number of carbonyl (C=O) groups excluding carboxylic acids is 1. The van der Waals surface area contributed by atoms with E-state index in [0.29, 0.717) is 0 Å². The summed E-state index contributed by atoms with van der Waals surface area (Å²) in [4.78, 5) is 16.8. The van der Waals surface area contributed by atoms with Crippen LogP contribution >= 0.6 is 0 Å². The molecule has 0 spiro atoms. The first kappa shape index (κ1) is 28.8. The lowest BCUT2D eigenvalue weighted by atomic mass is 9.53. The van der Waals surface area contributed by atoms with Gasteiger partial charge in [-0.2, -0.15) is 0 Å². The monoisotopic (exact) mass is 606 g/mol. The number of amides is 1. The molecule has 1 saturated carbocycles. The second kappa shape index (κ2) is 11.6. The number of benzene rings is 4. The van der Waals surface area contributed by atoms with Gasteiger partial charge in [-0.15, -0.1) is 0 Å². The fourth-order valence-corrected chi connectivity index (χ4v) is 8.50. The van der Waals surface area contributed by atoms with E-state index in [1.165, 1.54) is 5.57 Å². The van der Waals surface area contributed by atoms with Crippen LogP contribution in [-0.2, 0) is 4.79 Å². The normalized spacial score (nSPS) is 25.6. The fraction of sp³-hybridized carbons (Fsp3) is 0.229. The standard InChI is InChI=1S/C35H37B3N6O2/c1-25-22-26-23-31(25)34-33(26)32(45)24-41(35(34)46)38-43(29-18-10-4-11-19-29)36(39)42(28-16-8-3-9-17-28)37(40-27-14-6-2-7-15-27)44(38)30-20-12-5-13-21-30/h2-22,26,31-34,40,45H,23-24,39H2,1H3. The van der Waals surface area contributed by atoms with E-state index in [-0.39, 0.29) is 36.1 Å². The average Bonchev–Trinajstić information content (AvgIpc) is 3.66. The van der Waals surface area contributed by atoms with Crippen molar-refractivity contribution in [3.8, 4) is 0 Å². The lowest BCUT2D eigenvalue weighted by Gasteiger charge is -2.57. The maximum absolute atomic E-state index is 14.9. The quantitative estimate of drug-likeness (QED) is 0.219. The van der Waals surface area contributed by atoms with Crippen LogP contribution in [0.3, 0.4) is 0 Å². The molecule has 8 rings (SSSR count). The summed E-state index contributed by atoms with van der Waals surface area (Å²) in [6.45, 7) is 2.36. The molecule has 2 aliphatic carbocycles. The number of fused-ring (bicyclic) bond motifs is 5. The van der Waals surface area contributed by atoms with E-state index >= 15 is 0 Å². The molecule has 4 aromatic rings. The Morgan fingerprint density at radius 3 is 1.87 bits per heavy atom. The molecule has 5 atom stereocenters. The molecule has 46 heavy (non-hydrogen) atoms. The molecule has 0 aromatic heterocycles. The number of rotatable bonds is 6. The molecule has 3 fully saturated rings. The molecule has 2 saturated heterocycles. The number of nitrogens with two attached hydrogens (primary N) is 1. The summed E-state index contributed by atoms with van der Waals surface area (Å²) in [5.41, 5.74) is 12.3. The molecule has 228 valence electrons. The fourth-order valence-electron chi connectivity index (χ4n) is 8.50. The molecule has 1 amide bonds. The van der Waals surface area contributed by atoms with Crippen molar-refractivity contribution >= 4 is 50.0 Å². The number of β-amino-alcohol motifs (C(OH)–C–C–N with tert-alkyl or cyclic N) is 1. The van der Waals surface area contributed by atoms with Gasteiger partial charge in [0.2, 0.25) is 5.91 Å². The highest BCUT2D eigenvalue weighted by Crippen LogP contribution is 2.55. The van der Waals surface area contributed by atoms with E-state index in [1.807, 2.05) is 102 Å². The highest BCUT2D eigenvalue weighted by Gasteiger charge is 2.63. The van der Waals surface area contributed by atoms with Crippen LogP contribution in [0.1, 0.15) is 13.3 Å². The third-order valence-electron chi connectivity index (χ3n) is 10.4. The van der Waals surface area contributed by atoms with Crippen molar-refractivity contribution in [1.29, 1.82) is 0 Å². The van der Waals surface area contributed by atoms with Crippen molar-refractivity contribution in [2.45, 2.75) is 19.4 Å². The first-order valence-electron chi connectivity index (χ1n) is 16.3. The minimum absolute atomic E-state index is 0.0517. The topological polar surface area (TPSA) is 88.3 Å². The maximum atomic E-state index is 14.9. The van der Waals surface area contributed by atoms with Gasteiger partial charge in [-0.3, -0.25) is 4.79 Å². The number of nitrogens with one attached hydrogen (secondary N) is 1. The Hall–Kier alpha value is -4.60. The number of nitrogens with zero attached hydrogens (tertiary/aromatic N) is 4. The van der Waals surface area contributed by atoms with Gasteiger partial charge in [-0.25, -0.2) is 0 Å². The van der Waals surface area contributed by atoms with Gasteiger partial charge in [-0.1, -0.05) is 84.4 Å². The van der Waals surface area contributed by atoms with Crippen molar-refractivity contribution in [2.75, 3.05) is 25.9 Å². The van der Waals surface area contributed by atoms with Crippen molar-refractivity contribution in [2.24, 2.45) is 29.3 Å². The molecular weight excluding hydrogens is 569 g/mol. The van der Waals surface area contributed by atoms with E-state index in [4.69, 9.17) is 5.64 Å². The summed E-state index contributed by atoms with van der Waals surface area (Å²) in [7, 11) is -1.83. The molecule has 2 heterocycles. The van der Waals surface area contributed by atoms with E-state index in [1.54, 1.807) is 0 Å². The van der Waals surface area contributed by atoms with E-state index in [2.05, 4.69) is 56.7 Å². The van der Waals surface area contributed by atoms with Crippen molar-refractivity contribution in [3.05, 3.63) is 133 Å². The summed E-state index contributed by atoms with van der Waals surface area (Å²) in [5.74, 6) is 0.191. The van der Waals surface area contributed by atoms with Crippen molar-refractivity contribution < 1.29 is 9.90 Å². The van der Waals surface area contributed by atoms with Gasteiger partial charge in [0.1, 0.15) is 0 Å². The lowest BCUT2D eigenvalue weighted by molar-refractivity contribution is -0.142. The van der Waals surface area contributed by atoms with Gasteiger partial charge in [0, 0.05) is 41.1 Å². The Balaban J connectivity index is 1.33. The number of hydrogen-bond acceptors (Lipinski definition) is 7. The SMILES string of the molecule is CC1=CC2CC1C1C(=O)N(B3N(c4ccccc4)B(N)N(c4ccccc4)B(Nc4ccccc4)N3c3ccccc3)CC(O)C21. The molecule has 2 aliphatic heterocycles. The third-order valence-corrected chi connectivity index (χ3v) is 10.4. The largest absolute Gasteiger partial charge is 0.486 e. The van der Waals surface area contributed by atoms with Gasteiger partial charge in [0.15, 0.2) is 0 Å². The number of aliphatic hydroxyl groups excluding tert-OH is 1. The summed E-state index contributed by atoms with van der Waals surface area (Å²) in [5, 5.41) is 15.6. The second-order valence-corrected chi connectivity index (χ2v) is 13.0. The van der Waals surface area contributed by atoms with Crippen molar-refractivity contribution in [1.82, 2.24) is 4.81 Å². The highest BCUT2D eigenvalue weighted by atomic mass is 16.3. The van der Waals surface area contributed by atoms with Gasteiger partial charge in [0.25, 0.3) is 0 Å². The first-order chi connectivity index (χ1) is 22.5. The zero-order valence-electron chi connectivity index (χ0n) is 25.9. The summed E-state index contributed by atoms with van der Waals surface area (Å²) >= 11 is 0. The van der Waals surface area contributed by atoms with Crippen LogP contribution in [0.25, 0.3) is 0 Å². The van der Waals surface area contributed by atoms with E-state index in [0.717, 1.165) is 29.2 Å². The number of hydrogen-bond donors (Lipinski definition) is 3. The van der Waals surface area contributed by atoms with Crippen LogP contribution in [0.4, 0.5) is 22.7 Å². The maximum Gasteiger partial charge on any atom is 0.486 e. The zero-order valence-corrected chi connectivity index (χ0v) is 25.9. The molecule has 8 nitrogen and oxygen atoms in total. The number of aliphatic hydroxyl groups is 1. The van der Waals surface area contributed by atoms with Crippen LogP contribution in [-0.4, -0.2) is 49.8 Å². The molecule has 4 aromatic carbocycles. The van der Waals surface area contributed by atoms with Crippen LogP contribution in [0, 0.1) is 23.7 Å². The predicted molar refractivity (Wildman–Crippen MR) is 188 cm³/mol. The lowest BCUT2D eigenvalue weighted by Crippen LogP contribution is -2.87. The molecule has 0 radical (unpaired) electrons. The third kappa shape index (κ3) is 4.68. The smallest absolute Gasteiger partial charge is 0.391 e. The van der Waals surface area contributed by atoms with Gasteiger partial charge < -0.3 is 35.0 Å². The Bertz CT molecular complexity index is 1720. The van der Waals surface area contributed by atoms with Crippen LogP contribution in [0.2, 0.25) is 0 Å². The first-order valence-corrected chi connectivity index (χ1v) is 16.3. The number of piperidine rings is 1. The second-order valence-electron chi connectivity index (χ2n) is 13.0. The van der Waals surface area contributed by atoms with Crippen LogP contribution in [0.15, 0.2) is 133 Å². The molecular formula is C35H37B3N6O2.